The number of halogens is 1. The molecule has 1 aliphatic heterocycles. The fourth-order valence-electron chi connectivity index (χ4n) is 3.18. The van der Waals surface area contributed by atoms with Crippen LogP contribution in [0.1, 0.15) is 31.4 Å². The molecule has 0 aliphatic carbocycles. The summed E-state index contributed by atoms with van der Waals surface area (Å²) in [5.41, 5.74) is 6.99. The lowest BCUT2D eigenvalue weighted by molar-refractivity contribution is -0.147. The van der Waals surface area contributed by atoms with Gasteiger partial charge in [0.25, 0.3) is 0 Å². The lowest BCUT2D eigenvalue weighted by Gasteiger charge is -2.38. The van der Waals surface area contributed by atoms with Gasteiger partial charge in [-0.2, -0.15) is 0 Å². The zero-order chi connectivity index (χ0) is 16.6. The van der Waals surface area contributed by atoms with Crippen molar-refractivity contribution in [1.82, 2.24) is 9.88 Å². The second kappa shape index (κ2) is 6.16. The van der Waals surface area contributed by atoms with Crippen molar-refractivity contribution in [3.63, 3.8) is 0 Å². The average Bonchev–Trinajstić information content (AvgIpc) is 2.53. The average molecular weight is 332 g/mol. The number of pyridine rings is 1. The van der Waals surface area contributed by atoms with E-state index < -0.39 is 11.8 Å². The number of nitrogens with two attached hydrogens (primary N) is 1. The van der Waals surface area contributed by atoms with Gasteiger partial charge in [-0.15, -0.1) is 0 Å². The Morgan fingerprint density at radius 3 is 2.83 bits per heavy atom. The van der Waals surface area contributed by atoms with Gasteiger partial charge in [-0.3, -0.25) is 14.6 Å². The molecule has 1 saturated heterocycles. The third-order valence-electron chi connectivity index (χ3n) is 4.35. The molecule has 6 heteroatoms. The Hall–Kier alpha value is -2.14. The molecular formula is C17H18ClN3O2. The minimum Gasteiger partial charge on any atom is -0.361 e. The Kier molecular flexibility index (Phi) is 4.22. The Morgan fingerprint density at radius 2 is 2.09 bits per heavy atom. The summed E-state index contributed by atoms with van der Waals surface area (Å²) in [5.74, 6) is -1.17. The number of hydrogen-bond donors (Lipinski definition) is 1. The molecule has 1 aromatic heterocycles. The van der Waals surface area contributed by atoms with Crippen molar-refractivity contribution in [1.29, 1.82) is 0 Å². The molecule has 0 bridgehead atoms. The fraction of sp³-hybridized carbons (Fsp3) is 0.353. The van der Waals surface area contributed by atoms with Crippen molar-refractivity contribution in [3.05, 3.63) is 41.0 Å². The van der Waals surface area contributed by atoms with Gasteiger partial charge in [0.05, 0.1) is 16.6 Å². The first-order valence-electron chi connectivity index (χ1n) is 7.61. The van der Waals surface area contributed by atoms with Crippen LogP contribution < -0.4 is 5.73 Å². The minimum absolute atomic E-state index is 0.145. The SMILES string of the molecule is C[C@H]1CC[C@H](c2ccc3cc(Cl)cnc3c2)N(C(=O)C(N)=O)C1. The number of amides is 2. The van der Waals surface area contributed by atoms with Gasteiger partial charge in [0.1, 0.15) is 0 Å². The van der Waals surface area contributed by atoms with E-state index in [1.54, 1.807) is 11.1 Å². The van der Waals surface area contributed by atoms with Gasteiger partial charge in [0.15, 0.2) is 0 Å². The van der Waals surface area contributed by atoms with Crippen molar-refractivity contribution >= 4 is 34.3 Å². The van der Waals surface area contributed by atoms with Crippen molar-refractivity contribution in [2.75, 3.05) is 6.54 Å². The third kappa shape index (κ3) is 3.15. The number of rotatable bonds is 1. The standard InChI is InChI=1S/C17H18ClN3O2/c1-10-2-5-15(21(9-10)17(23)16(19)22)12-4-3-11-6-13(18)8-20-14(11)7-12/h3-4,6-8,10,15H,2,5,9H2,1H3,(H2,19,22)/t10-,15+/m0/s1. The minimum atomic E-state index is -0.908. The molecule has 0 saturated carbocycles. The van der Waals surface area contributed by atoms with Gasteiger partial charge in [-0.1, -0.05) is 30.7 Å². The Balaban J connectivity index is 1.98. The third-order valence-corrected chi connectivity index (χ3v) is 4.56. The maximum absolute atomic E-state index is 12.2. The molecule has 1 aliphatic rings. The van der Waals surface area contributed by atoms with Crippen LogP contribution in [0.5, 0.6) is 0 Å². The highest BCUT2D eigenvalue weighted by molar-refractivity contribution is 6.34. The number of nitrogens with zero attached hydrogens (tertiary/aromatic N) is 2. The first-order valence-corrected chi connectivity index (χ1v) is 7.99. The Morgan fingerprint density at radius 1 is 1.30 bits per heavy atom. The van der Waals surface area contributed by atoms with Crippen LogP contribution in [-0.4, -0.2) is 28.2 Å². The maximum Gasteiger partial charge on any atom is 0.312 e. The molecule has 3 rings (SSSR count). The lowest BCUT2D eigenvalue weighted by atomic mass is 9.89. The fourth-order valence-corrected chi connectivity index (χ4v) is 3.35. The van der Waals surface area contributed by atoms with Gasteiger partial charge in [0, 0.05) is 18.1 Å². The summed E-state index contributed by atoms with van der Waals surface area (Å²) in [6.07, 6.45) is 3.40. The first-order chi connectivity index (χ1) is 11.0. The Labute approximate surface area is 139 Å². The van der Waals surface area contributed by atoms with Crippen LogP contribution in [0.4, 0.5) is 0 Å². The van der Waals surface area contributed by atoms with E-state index in [0.29, 0.717) is 17.5 Å². The normalized spacial score (nSPS) is 21.4. The molecule has 1 fully saturated rings. The van der Waals surface area contributed by atoms with E-state index in [1.165, 1.54) is 0 Å². The van der Waals surface area contributed by atoms with Crippen molar-refractivity contribution in [3.8, 4) is 0 Å². The summed E-state index contributed by atoms with van der Waals surface area (Å²) in [5, 5.41) is 1.53. The van der Waals surface area contributed by atoms with Crippen LogP contribution in [0.2, 0.25) is 5.02 Å². The molecule has 1 aromatic carbocycles. The van der Waals surface area contributed by atoms with Crippen LogP contribution >= 0.6 is 11.6 Å². The zero-order valence-corrected chi connectivity index (χ0v) is 13.6. The molecule has 2 N–H and O–H groups in total. The van der Waals surface area contributed by atoms with Crippen molar-refractivity contribution in [2.45, 2.75) is 25.8 Å². The second-order valence-corrected chi connectivity index (χ2v) is 6.56. The number of aromatic nitrogens is 1. The number of primary amides is 1. The van der Waals surface area contributed by atoms with Gasteiger partial charge in [-0.25, -0.2) is 0 Å². The van der Waals surface area contributed by atoms with E-state index in [9.17, 15) is 9.59 Å². The summed E-state index contributed by atoms with van der Waals surface area (Å²) in [4.78, 5) is 29.4. The van der Waals surface area contributed by atoms with E-state index >= 15 is 0 Å². The molecule has 0 radical (unpaired) electrons. The predicted octanol–water partition coefficient (Wildman–Crippen LogP) is 2.67. The summed E-state index contributed by atoms with van der Waals surface area (Å²) in [6, 6.07) is 7.56. The number of hydrogen-bond acceptors (Lipinski definition) is 3. The zero-order valence-electron chi connectivity index (χ0n) is 12.8. The van der Waals surface area contributed by atoms with E-state index in [1.807, 2.05) is 24.3 Å². The van der Waals surface area contributed by atoms with Crippen molar-refractivity contribution in [2.24, 2.45) is 11.7 Å². The monoisotopic (exact) mass is 331 g/mol. The molecule has 2 heterocycles. The number of carbonyl (C=O) groups is 2. The quantitative estimate of drug-likeness (QED) is 0.816. The van der Waals surface area contributed by atoms with E-state index in [4.69, 9.17) is 17.3 Å². The highest BCUT2D eigenvalue weighted by Crippen LogP contribution is 2.34. The molecule has 5 nitrogen and oxygen atoms in total. The second-order valence-electron chi connectivity index (χ2n) is 6.13. The van der Waals surface area contributed by atoms with E-state index in [-0.39, 0.29) is 6.04 Å². The van der Waals surface area contributed by atoms with Gasteiger partial charge >= 0.3 is 11.8 Å². The van der Waals surface area contributed by atoms with Crippen LogP contribution in [-0.2, 0) is 9.59 Å². The van der Waals surface area contributed by atoms with Crippen LogP contribution in [0.3, 0.4) is 0 Å². The Bertz CT molecular complexity index is 778. The molecule has 0 spiro atoms. The van der Waals surface area contributed by atoms with E-state index in [0.717, 1.165) is 29.3 Å². The van der Waals surface area contributed by atoms with Crippen LogP contribution in [0.15, 0.2) is 30.5 Å². The van der Waals surface area contributed by atoms with Gasteiger partial charge in [-0.05, 0) is 36.5 Å². The summed E-state index contributed by atoms with van der Waals surface area (Å²) in [7, 11) is 0. The summed E-state index contributed by atoms with van der Waals surface area (Å²) >= 11 is 5.96. The largest absolute Gasteiger partial charge is 0.361 e. The highest BCUT2D eigenvalue weighted by Gasteiger charge is 2.33. The number of fused-ring (bicyclic) bond motifs is 1. The molecule has 2 amide bonds. The molecule has 23 heavy (non-hydrogen) atoms. The molecule has 2 aromatic rings. The smallest absolute Gasteiger partial charge is 0.312 e. The molecular weight excluding hydrogens is 314 g/mol. The highest BCUT2D eigenvalue weighted by atomic mass is 35.5. The lowest BCUT2D eigenvalue weighted by Crippen LogP contribution is -2.46. The first kappa shape index (κ1) is 15.7. The summed E-state index contributed by atoms with van der Waals surface area (Å²) < 4.78 is 0. The van der Waals surface area contributed by atoms with Gasteiger partial charge < -0.3 is 10.6 Å². The maximum atomic E-state index is 12.2. The summed E-state index contributed by atoms with van der Waals surface area (Å²) in [6.45, 7) is 2.61. The number of piperidine rings is 1. The van der Waals surface area contributed by atoms with E-state index in [2.05, 4.69) is 11.9 Å². The number of likely N-dealkylation sites (tertiary alicyclic amines) is 1. The van der Waals surface area contributed by atoms with Crippen LogP contribution in [0.25, 0.3) is 10.9 Å². The molecule has 2 atom stereocenters. The topological polar surface area (TPSA) is 76.3 Å². The number of carbonyl (C=O) groups excluding carboxylic acids is 2. The number of benzene rings is 1. The predicted molar refractivity (Wildman–Crippen MR) is 88.8 cm³/mol. The van der Waals surface area contributed by atoms with Crippen LogP contribution in [0, 0.1) is 5.92 Å². The molecule has 120 valence electrons. The molecule has 0 unspecified atom stereocenters. The van der Waals surface area contributed by atoms with Crippen molar-refractivity contribution < 1.29 is 9.59 Å². The van der Waals surface area contributed by atoms with Gasteiger partial charge in [0.2, 0.25) is 0 Å².